The predicted octanol–water partition coefficient (Wildman–Crippen LogP) is 0.675. The molecule has 100 valence electrons. The van der Waals surface area contributed by atoms with Crippen molar-refractivity contribution in [3.63, 3.8) is 0 Å². The van der Waals surface area contributed by atoms with E-state index in [-0.39, 0.29) is 11.3 Å². The van der Waals surface area contributed by atoms with Gasteiger partial charge in [-0.15, -0.1) is 0 Å². The van der Waals surface area contributed by atoms with Crippen LogP contribution in [0.3, 0.4) is 0 Å². The fourth-order valence-corrected chi connectivity index (χ4v) is 2.06. The summed E-state index contributed by atoms with van der Waals surface area (Å²) in [6.07, 6.45) is 3.99. The average Bonchev–Trinajstić information content (AvgIpc) is 3.19. The number of ether oxygens (including phenoxy) is 1. The zero-order valence-corrected chi connectivity index (χ0v) is 10.9. The number of aromatic nitrogens is 2. The van der Waals surface area contributed by atoms with Crippen molar-refractivity contribution >= 4 is 5.82 Å². The van der Waals surface area contributed by atoms with Crippen molar-refractivity contribution in [1.29, 1.82) is 0 Å². The molecule has 2 rings (SSSR count). The molecule has 0 spiro atoms. The first-order valence-electron chi connectivity index (χ1n) is 6.35. The van der Waals surface area contributed by atoms with E-state index in [1.807, 2.05) is 0 Å². The lowest BCUT2D eigenvalue weighted by Crippen LogP contribution is -2.31. The number of aromatic amines is 1. The minimum atomic E-state index is -0.260. The molecule has 1 aromatic rings. The van der Waals surface area contributed by atoms with Gasteiger partial charge in [-0.3, -0.25) is 9.69 Å². The number of nitrogens with zero attached hydrogens (tertiary/aromatic N) is 2. The molecule has 0 aromatic carbocycles. The quantitative estimate of drug-likeness (QED) is 0.746. The normalized spacial score (nSPS) is 14.8. The highest BCUT2D eigenvalue weighted by Crippen LogP contribution is 2.26. The van der Waals surface area contributed by atoms with Gasteiger partial charge >= 0.3 is 0 Å². The van der Waals surface area contributed by atoms with Gasteiger partial charge in [-0.2, -0.15) is 0 Å². The number of anilines is 1. The second-order valence-corrected chi connectivity index (χ2v) is 4.40. The average molecular weight is 252 g/mol. The van der Waals surface area contributed by atoms with Crippen molar-refractivity contribution in [2.24, 2.45) is 0 Å². The Morgan fingerprint density at radius 3 is 3.00 bits per heavy atom. The second kappa shape index (κ2) is 5.86. The fraction of sp³-hybridized carbons (Fsp3) is 0.667. The zero-order valence-electron chi connectivity index (χ0n) is 10.9. The van der Waals surface area contributed by atoms with Crippen LogP contribution in [0.2, 0.25) is 0 Å². The van der Waals surface area contributed by atoms with Crippen LogP contribution in [0.25, 0.3) is 0 Å². The summed E-state index contributed by atoms with van der Waals surface area (Å²) in [5.41, 5.74) is -0.260. The molecule has 0 atom stereocenters. The summed E-state index contributed by atoms with van der Waals surface area (Å²) in [7, 11) is 1.47. The standard InChI is InChI=1S/C12H20N4O2/c1-3-16(9-4-5-9)7-6-13-11-10(18-2)12(17)15-8-14-11/h8-9H,3-7H2,1-2H3,(H2,13,14,15,17). The van der Waals surface area contributed by atoms with E-state index in [9.17, 15) is 4.79 Å². The first-order chi connectivity index (χ1) is 8.76. The number of nitrogens with one attached hydrogen (secondary N) is 2. The van der Waals surface area contributed by atoms with Crippen LogP contribution in [0.15, 0.2) is 11.1 Å². The van der Waals surface area contributed by atoms with E-state index in [2.05, 4.69) is 27.1 Å². The topological polar surface area (TPSA) is 70.2 Å². The Morgan fingerprint density at radius 1 is 1.61 bits per heavy atom. The summed E-state index contributed by atoms with van der Waals surface area (Å²) in [6.45, 7) is 4.95. The Kier molecular flexibility index (Phi) is 4.19. The first-order valence-corrected chi connectivity index (χ1v) is 6.35. The predicted molar refractivity (Wildman–Crippen MR) is 70.2 cm³/mol. The highest BCUT2D eigenvalue weighted by molar-refractivity contribution is 5.47. The highest BCUT2D eigenvalue weighted by Gasteiger charge is 2.27. The molecule has 0 unspecified atom stereocenters. The molecule has 1 fully saturated rings. The fourth-order valence-electron chi connectivity index (χ4n) is 2.06. The molecule has 6 heteroatoms. The van der Waals surface area contributed by atoms with Crippen LogP contribution in [0.5, 0.6) is 5.75 Å². The summed E-state index contributed by atoms with van der Waals surface area (Å²) >= 11 is 0. The molecular formula is C12H20N4O2. The van der Waals surface area contributed by atoms with Crippen molar-refractivity contribution in [2.75, 3.05) is 32.1 Å². The van der Waals surface area contributed by atoms with Gasteiger partial charge in [0.05, 0.1) is 13.4 Å². The SMILES string of the molecule is CCN(CCNc1nc[nH]c(=O)c1OC)C1CC1. The summed E-state index contributed by atoms with van der Waals surface area (Å²) in [5.74, 6) is 0.750. The minimum absolute atomic E-state index is 0.243. The molecule has 1 saturated carbocycles. The Bertz CT molecular complexity index is 442. The zero-order chi connectivity index (χ0) is 13.0. The molecule has 0 amide bonds. The van der Waals surface area contributed by atoms with E-state index in [1.54, 1.807) is 0 Å². The third kappa shape index (κ3) is 3.01. The maximum absolute atomic E-state index is 11.5. The Hall–Kier alpha value is -1.56. The summed E-state index contributed by atoms with van der Waals surface area (Å²) < 4.78 is 5.04. The lowest BCUT2D eigenvalue weighted by atomic mass is 10.4. The molecule has 2 N–H and O–H groups in total. The van der Waals surface area contributed by atoms with Crippen molar-refractivity contribution < 1.29 is 4.74 Å². The van der Waals surface area contributed by atoms with Gasteiger partial charge in [0.2, 0.25) is 5.75 Å². The molecule has 1 heterocycles. The van der Waals surface area contributed by atoms with Gasteiger partial charge in [0.15, 0.2) is 5.82 Å². The molecule has 0 bridgehead atoms. The molecule has 0 saturated heterocycles. The molecular weight excluding hydrogens is 232 g/mol. The molecule has 18 heavy (non-hydrogen) atoms. The van der Waals surface area contributed by atoms with E-state index in [1.165, 1.54) is 26.3 Å². The monoisotopic (exact) mass is 252 g/mol. The first kappa shape index (κ1) is 12.9. The van der Waals surface area contributed by atoms with Crippen molar-refractivity contribution in [1.82, 2.24) is 14.9 Å². The molecule has 0 radical (unpaired) electrons. The smallest absolute Gasteiger partial charge is 0.295 e. The summed E-state index contributed by atoms with van der Waals surface area (Å²) in [5, 5.41) is 3.15. The molecule has 0 aliphatic heterocycles. The van der Waals surface area contributed by atoms with Gasteiger partial charge in [0.1, 0.15) is 0 Å². The van der Waals surface area contributed by atoms with Crippen LogP contribution < -0.4 is 15.6 Å². The van der Waals surface area contributed by atoms with Crippen LogP contribution in [-0.4, -0.2) is 47.7 Å². The van der Waals surface area contributed by atoms with E-state index in [0.717, 1.165) is 25.7 Å². The number of methoxy groups -OCH3 is 1. The van der Waals surface area contributed by atoms with E-state index in [0.29, 0.717) is 5.82 Å². The van der Waals surface area contributed by atoms with Crippen molar-refractivity contribution in [3.8, 4) is 5.75 Å². The highest BCUT2D eigenvalue weighted by atomic mass is 16.5. The molecule has 6 nitrogen and oxygen atoms in total. The molecule has 1 aliphatic rings. The van der Waals surface area contributed by atoms with Crippen LogP contribution in [0, 0.1) is 0 Å². The van der Waals surface area contributed by atoms with E-state index >= 15 is 0 Å². The van der Waals surface area contributed by atoms with Gasteiger partial charge in [-0.25, -0.2) is 4.98 Å². The van der Waals surface area contributed by atoms with Gasteiger partial charge in [0, 0.05) is 19.1 Å². The Morgan fingerprint density at radius 2 is 2.39 bits per heavy atom. The van der Waals surface area contributed by atoms with E-state index < -0.39 is 0 Å². The molecule has 1 aliphatic carbocycles. The summed E-state index contributed by atoms with van der Waals surface area (Å²) in [4.78, 5) is 20.5. The van der Waals surface area contributed by atoms with Crippen LogP contribution in [0.4, 0.5) is 5.82 Å². The van der Waals surface area contributed by atoms with Crippen molar-refractivity contribution in [2.45, 2.75) is 25.8 Å². The lowest BCUT2D eigenvalue weighted by molar-refractivity contribution is 0.288. The summed E-state index contributed by atoms with van der Waals surface area (Å²) in [6, 6.07) is 0.755. The number of hydrogen-bond acceptors (Lipinski definition) is 5. The van der Waals surface area contributed by atoms with Crippen LogP contribution in [0.1, 0.15) is 19.8 Å². The van der Waals surface area contributed by atoms with Gasteiger partial charge < -0.3 is 15.0 Å². The molecule has 1 aromatic heterocycles. The minimum Gasteiger partial charge on any atom is -0.489 e. The Balaban J connectivity index is 1.89. The second-order valence-electron chi connectivity index (χ2n) is 4.40. The number of H-pyrrole nitrogens is 1. The number of hydrogen-bond donors (Lipinski definition) is 2. The lowest BCUT2D eigenvalue weighted by Gasteiger charge is -2.20. The third-order valence-electron chi connectivity index (χ3n) is 3.18. The number of likely N-dealkylation sites (N-methyl/N-ethyl adjacent to an activating group) is 1. The third-order valence-corrected chi connectivity index (χ3v) is 3.18. The van der Waals surface area contributed by atoms with Crippen LogP contribution in [-0.2, 0) is 0 Å². The van der Waals surface area contributed by atoms with Gasteiger partial charge in [-0.1, -0.05) is 6.92 Å². The van der Waals surface area contributed by atoms with Gasteiger partial charge in [-0.05, 0) is 19.4 Å². The maximum atomic E-state index is 11.5. The van der Waals surface area contributed by atoms with E-state index in [4.69, 9.17) is 4.74 Å². The largest absolute Gasteiger partial charge is 0.489 e. The Labute approximate surface area is 106 Å². The van der Waals surface area contributed by atoms with Gasteiger partial charge in [0.25, 0.3) is 5.56 Å². The van der Waals surface area contributed by atoms with Crippen LogP contribution >= 0.6 is 0 Å². The van der Waals surface area contributed by atoms with Crippen molar-refractivity contribution in [3.05, 3.63) is 16.7 Å². The number of rotatable bonds is 7. The maximum Gasteiger partial charge on any atom is 0.295 e.